The van der Waals surface area contributed by atoms with E-state index in [0.29, 0.717) is 37.4 Å². The fourth-order valence-corrected chi connectivity index (χ4v) is 8.16. The Hall–Kier alpha value is -1.95. The van der Waals surface area contributed by atoms with Crippen molar-refractivity contribution in [2.24, 2.45) is 23.5 Å². The highest BCUT2D eigenvalue weighted by atomic mass is 32.2. The van der Waals surface area contributed by atoms with Gasteiger partial charge in [-0.05, 0) is 38.1 Å². The summed E-state index contributed by atoms with van der Waals surface area (Å²) in [5.41, 5.74) is 6.03. The number of carboxylic acids is 1. The third-order valence-electron chi connectivity index (χ3n) is 8.60. The molecule has 0 aromatic carbocycles. The smallest absolute Gasteiger partial charge is 0.353 e. The Morgan fingerprint density at radius 2 is 2.00 bits per heavy atom. The molecule has 11 heteroatoms. The molecule has 2 amide bonds. The van der Waals surface area contributed by atoms with Crippen LogP contribution in [0.2, 0.25) is 0 Å². The van der Waals surface area contributed by atoms with E-state index in [4.69, 9.17) is 5.73 Å². The van der Waals surface area contributed by atoms with Crippen molar-refractivity contribution >= 4 is 35.3 Å². The molecule has 0 radical (unpaired) electrons. The lowest BCUT2D eigenvalue weighted by atomic mass is 9.73. The van der Waals surface area contributed by atoms with Crippen LogP contribution >= 0.6 is 11.8 Å². The van der Waals surface area contributed by atoms with E-state index in [1.165, 1.54) is 16.7 Å². The second kappa shape index (κ2) is 10.1. The molecule has 4 saturated heterocycles. The third-order valence-corrected chi connectivity index (χ3v) is 10.1. The van der Waals surface area contributed by atoms with Gasteiger partial charge in [-0.3, -0.25) is 14.4 Å². The number of β-lactam (4-membered cyclic amide) rings is 1. The minimum Gasteiger partial charge on any atom is -0.477 e. The summed E-state index contributed by atoms with van der Waals surface area (Å²) in [6.07, 6.45) is 3.58. The number of hydrogen-bond acceptors (Lipinski definition) is 8. The molecule has 0 aliphatic carbocycles. The molecule has 0 saturated carbocycles. The van der Waals surface area contributed by atoms with Gasteiger partial charge in [0.1, 0.15) is 11.5 Å². The summed E-state index contributed by atoms with van der Waals surface area (Å²) >= 11 is 1.49. The average Bonchev–Trinajstić information content (AvgIpc) is 3.62. The topological polar surface area (TPSA) is 145 Å². The number of ketones is 1. The molecule has 198 valence electrons. The maximum absolute atomic E-state index is 13.2. The quantitative estimate of drug-likeness (QED) is 0.329. The van der Waals surface area contributed by atoms with Crippen molar-refractivity contribution < 1.29 is 24.3 Å². The maximum atomic E-state index is 13.2. The van der Waals surface area contributed by atoms with E-state index in [0.717, 1.165) is 25.8 Å². The summed E-state index contributed by atoms with van der Waals surface area (Å²) in [5.74, 6) is -1.70. The van der Waals surface area contributed by atoms with Gasteiger partial charge in [0.15, 0.2) is 0 Å². The maximum Gasteiger partial charge on any atom is 0.353 e. The summed E-state index contributed by atoms with van der Waals surface area (Å²) in [5, 5.41) is 16.6. The number of carbonyl (C=O) groups is 4. The SMILES string of the molecule is C[C@@H](CC(=O)[C@H]1CCCN1)[C@H]1C(=O)N2C(C(=O)O)=C(S[C@@H]3CN[C@H](C(=O)N4CC[C@H](N)C4)C3)[C@H](C)[C@H]12. The van der Waals surface area contributed by atoms with Crippen LogP contribution in [-0.2, 0) is 19.2 Å². The van der Waals surface area contributed by atoms with Crippen LogP contribution in [0.25, 0.3) is 0 Å². The second-order valence-corrected chi connectivity index (χ2v) is 12.4. The van der Waals surface area contributed by atoms with E-state index in [1.54, 1.807) is 0 Å². The molecule has 36 heavy (non-hydrogen) atoms. The van der Waals surface area contributed by atoms with E-state index in [9.17, 15) is 24.3 Å². The second-order valence-electron chi connectivity index (χ2n) is 11.1. The number of carboxylic acid groups (broad SMARTS) is 1. The monoisotopic (exact) mass is 519 g/mol. The Bertz CT molecular complexity index is 982. The van der Waals surface area contributed by atoms with Gasteiger partial charge in [0, 0.05) is 48.2 Å². The van der Waals surface area contributed by atoms with Crippen LogP contribution in [-0.4, -0.2) is 94.1 Å². The first-order valence-electron chi connectivity index (χ1n) is 13.2. The van der Waals surface area contributed by atoms with Crippen LogP contribution < -0.4 is 16.4 Å². The summed E-state index contributed by atoms with van der Waals surface area (Å²) in [4.78, 5) is 55.0. The van der Waals surface area contributed by atoms with Crippen LogP contribution in [0.15, 0.2) is 10.6 Å². The minimum absolute atomic E-state index is 0.0327. The molecule has 5 heterocycles. The van der Waals surface area contributed by atoms with Gasteiger partial charge in [-0.25, -0.2) is 4.79 Å². The molecule has 0 unspecified atom stereocenters. The molecular weight excluding hydrogens is 482 g/mol. The molecule has 8 atom stereocenters. The van der Waals surface area contributed by atoms with Gasteiger partial charge in [0.25, 0.3) is 0 Å². The number of nitrogens with two attached hydrogens (primary N) is 1. The van der Waals surface area contributed by atoms with Gasteiger partial charge in [-0.1, -0.05) is 13.8 Å². The summed E-state index contributed by atoms with van der Waals surface area (Å²) in [7, 11) is 0. The lowest BCUT2D eigenvalue weighted by molar-refractivity contribution is -0.160. The van der Waals surface area contributed by atoms with Crippen molar-refractivity contribution in [3.8, 4) is 0 Å². The van der Waals surface area contributed by atoms with Crippen molar-refractivity contribution in [2.45, 2.75) is 75.4 Å². The number of thioether (sulfide) groups is 1. The Morgan fingerprint density at radius 3 is 2.64 bits per heavy atom. The largest absolute Gasteiger partial charge is 0.477 e. The Kier molecular flexibility index (Phi) is 7.19. The predicted molar refractivity (Wildman–Crippen MR) is 135 cm³/mol. The van der Waals surface area contributed by atoms with Crippen LogP contribution in [0.3, 0.4) is 0 Å². The Labute approximate surface area is 215 Å². The van der Waals surface area contributed by atoms with Crippen LogP contribution in [0.4, 0.5) is 0 Å². The first-order valence-corrected chi connectivity index (χ1v) is 14.1. The Morgan fingerprint density at radius 1 is 1.22 bits per heavy atom. The van der Waals surface area contributed by atoms with E-state index in [2.05, 4.69) is 10.6 Å². The molecule has 0 aromatic rings. The zero-order chi connectivity index (χ0) is 25.7. The van der Waals surface area contributed by atoms with Crippen molar-refractivity contribution in [1.29, 1.82) is 0 Å². The van der Waals surface area contributed by atoms with Crippen molar-refractivity contribution in [3.05, 3.63) is 10.6 Å². The van der Waals surface area contributed by atoms with Gasteiger partial charge in [-0.2, -0.15) is 0 Å². The molecule has 10 nitrogen and oxygen atoms in total. The van der Waals surface area contributed by atoms with Crippen LogP contribution in [0.5, 0.6) is 0 Å². The van der Waals surface area contributed by atoms with Gasteiger partial charge >= 0.3 is 5.97 Å². The highest BCUT2D eigenvalue weighted by Gasteiger charge is 2.60. The summed E-state index contributed by atoms with van der Waals surface area (Å²) in [6, 6.07) is -0.617. The average molecular weight is 520 g/mol. The standard InChI is InChI=1S/C25H37N5O5S/c1-12(8-18(31)16-4-3-6-27-16)19-20-13(2)22(21(25(34)35)30(20)24(19)33)36-15-9-17(28-10-15)23(32)29-7-5-14(26)11-29/h12-17,19-20,27-28H,3-11,26H2,1-2H3,(H,34,35)/t12-,13+,14-,15-,16+,17-,19+,20+/m0/s1. The van der Waals surface area contributed by atoms with E-state index in [1.807, 2.05) is 18.7 Å². The number of nitrogens with zero attached hydrogens (tertiary/aromatic N) is 2. The molecule has 0 bridgehead atoms. The lowest BCUT2D eigenvalue weighted by Crippen LogP contribution is -2.62. The molecule has 0 spiro atoms. The first kappa shape index (κ1) is 25.7. The van der Waals surface area contributed by atoms with Crippen molar-refractivity contribution in [2.75, 3.05) is 26.2 Å². The number of carbonyl (C=O) groups excluding carboxylic acids is 3. The summed E-state index contributed by atoms with van der Waals surface area (Å²) < 4.78 is 0. The van der Waals surface area contributed by atoms with Gasteiger partial charge in [0.2, 0.25) is 11.8 Å². The third kappa shape index (κ3) is 4.48. The first-order chi connectivity index (χ1) is 17.2. The summed E-state index contributed by atoms with van der Waals surface area (Å²) in [6.45, 7) is 6.63. The highest BCUT2D eigenvalue weighted by Crippen LogP contribution is 2.53. The lowest BCUT2D eigenvalue weighted by Gasteiger charge is -2.47. The highest BCUT2D eigenvalue weighted by molar-refractivity contribution is 8.03. The van der Waals surface area contributed by atoms with Gasteiger partial charge < -0.3 is 31.3 Å². The fraction of sp³-hybridized carbons (Fsp3) is 0.760. The normalized spacial score (nSPS) is 36.9. The number of likely N-dealkylation sites (tertiary alicyclic amines) is 1. The number of fused-ring (bicyclic) bond motifs is 1. The number of aliphatic carboxylic acids is 1. The zero-order valence-electron chi connectivity index (χ0n) is 20.9. The predicted octanol–water partition coefficient (Wildman–Crippen LogP) is 0.130. The molecular formula is C25H37N5O5S. The number of rotatable bonds is 8. The van der Waals surface area contributed by atoms with E-state index < -0.39 is 5.97 Å². The van der Waals surface area contributed by atoms with Crippen LogP contribution in [0, 0.1) is 17.8 Å². The molecule has 4 fully saturated rings. The van der Waals surface area contributed by atoms with Crippen molar-refractivity contribution in [1.82, 2.24) is 20.4 Å². The van der Waals surface area contributed by atoms with Crippen LogP contribution in [0.1, 0.15) is 46.0 Å². The van der Waals surface area contributed by atoms with Gasteiger partial charge in [-0.15, -0.1) is 11.8 Å². The molecule has 0 aromatic heterocycles. The molecule has 5 aliphatic rings. The molecule has 5 N–H and O–H groups in total. The van der Waals surface area contributed by atoms with E-state index >= 15 is 0 Å². The zero-order valence-corrected chi connectivity index (χ0v) is 21.8. The number of amides is 2. The Balaban J connectivity index is 1.24. The minimum atomic E-state index is -1.10. The number of nitrogens with one attached hydrogen (secondary N) is 2. The fourth-order valence-electron chi connectivity index (χ4n) is 6.68. The number of Topliss-reactive ketones (excluding diaryl/α,β-unsaturated/α-hetero) is 1. The number of hydrogen-bond donors (Lipinski definition) is 4. The molecule has 5 rings (SSSR count). The van der Waals surface area contributed by atoms with Crippen molar-refractivity contribution in [3.63, 3.8) is 0 Å². The van der Waals surface area contributed by atoms with E-state index in [-0.39, 0.29) is 70.5 Å². The molecule has 5 aliphatic heterocycles. The van der Waals surface area contributed by atoms with Gasteiger partial charge in [0.05, 0.1) is 24.0 Å².